The molecule has 3 rings (SSSR count). The summed E-state index contributed by atoms with van der Waals surface area (Å²) in [5, 5.41) is 0. The van der Waals surface area contributed by atoms with E-state index >= 15 is 0 Å². The molecule has 2 aromatic rings. The molecule has 0 atom stereocenters. The molecule has 92 valence electrons. The third-order valence-corrected chi connectivity index (χ3v) is 4.35. The van der Waals surface area contributed by atoms with Gasteiger partial charge in [0.1, 0.15) is 0 Å². The van der Waals surface area contributed by atoms with Crippen LogP contribution in [-0.4, -0.2) is 17.9 Å². The van der Waals surface area contributed by atoms with E-state index in [2.05, 4.69) is 0 Å². The molecule has 1 aliphatic carbocycles. The smallest absolute Gasteiger partial charge is 0.195 e. The van der Waals surface area contributed by atoms with E-state index in [4.69, 9.17) is 0 Å². The highest BCUT2D eigenvalue weighted by Gasteiger charge is 2.31. The van der Waals surface area contributed by atoms with E-state index in [0.29, 0.717) is 37.7 Å². The lowest BCUT2D eigenvalue weighted by Crippen LogP contribution is -2.22. The average molecular weight is 362 g/mol. The molecule has 0 saturated carbocycles. The first-order valence-corrected chi connectivity index (χ1v) is 6.69. The number of carbonyl (C=O) groups excluding carboxylic acids is 3. The highest BCUT2D eigenvalue weighted by molar-refractivity contribution is 14.1. The van der Waals surface area contributed by atoms with Crippen molar-refractivity contribution in [2.24, 2.45) is 0 Å². The number of ketones is 2. The Balaban J connectivity index is 2.36. The highest BCUT2D eigenvalue weighted by Crippen LogP contribution is 2.31. The van der Waals surface area contributed by atoms with Gasteiger partial charge >= 0.3 is 0 Å². The molecule has 0 saturated heterocycles. The van der Waals surface area contributed by atoms with Crippen molar-refractivity contribution in [3.63, 3.8) is 0 Å². The standard InChI is InChI=1S/C15H7IO3/c16-13-8(7-17)5-6-11-12(13)15(19)10-4-2-1-3-9(10)14(11)18/h1-7H. The van der Waals surface area contributed by atoms with Crippen LogP contribution in [0.1, 0.15) is 42.2 Å². The number of halogens is 1. The van der Waals surface area contributed by atoms with Crippen molar-refractivity contribution >= 4 is 40.4 Å². The van der Waals surface area contributed by atoms with Crippen molar-refractivity contribution in [1.29, 1.82) is 0 Å². The predicted molar refractivity (Wildman–Crippen MR) is 77.9 cm³/mol. The van der Waals surface area contributed by atoms with Crippen molar-refractivity contribution in [3.8, 4) is 0 Å². The van der Waals surface area contributed by atoms with Crippen molar-refractivity contribution in [2.75, 3.05) is 0 Å². The van der Waals surface area contributed by atoms with Crippen LogP contribution in [0.25, 0.3) is 0 Å². The van der Waals surface area contributed by atoms with Crippen LogP contribution in [0.2, 0.25) is 0 Å². The van der Waals surface area contributed by atoms with Gasteiger partial charge in [-0.3, -0.25) is 14.4 Å². The fourth-order valence-corrected chi connectivity index (χ4v) is 3.10. The quantitative estimate of drug-likeness (QED) is 0.494. The van der Waals surface area contributed by atoms with E-state index in [1.54, 1.807) is 36.4 Å². The Kier molecular flexibility index (Phi) is 2.82. The molecule has 1 aliphatic rings. The van der Waals surface area contributed by atoms with Gasteiger partial charge in [-0.05, 0) is 34.7 Å². The Morgan fingerprint density at radius 1 is 0.842 bits per heavy atom. The molecule has 4 heteroatoms. The number of rotatable bonds is 1. The lowest BCUT2D eigenvalue weighted by Gasteiger charge is -2.18. The van der Waals surface area contributed by atoms with Gasteiger partial charge in [0.25, 0.3) is 0 Å². The zero-order chi connectivity index (χ0) is 13.6. The number of hydrogen-bond donors (Lipinski definition) is 0. The summed E-state index contributed by atoms with van der Waals surface area (Å²) in [6, 6.07) is 9.89. The molecule has 0 unspecified atom stereocenters. The zero-order valence-electron chi connectivity index (χ0n) is 9.64. The van der Waals surface area contributed by atoms with E-state index in [9.17, 15) is 14.4 Å². The molecule has 0 spiro atoms. The van der Waals surface area contributed by atoms with Crippen molar-refractivity contribution in [2.45, 2.75) is 0 Å². The van der Waals surface area contributed by atoms with Crippen LogP contribution in [0.15, 0.2) is 36.4 Å². The third kappa shape index (κ3) is 1.67. The first-order chi connectivity index (χ1) is 9.15. The largest absolute Gasteiger partial charge is 0.298 e. The molecule has 2 aromatic carbocycles. The summed E-state index contributed by atoms with van der Waals surface area (Å²) in [6.07, 6.45) is 0.695. The molecule has 0 heterocycles. The van der Waals surface area contributed by atoms with Gasteiger partial charge in [-0.2, -0.15) is 0 Å². The number of benzene rings is 2. The van der Waals surface area contributed by atoms with Gasteiger partial charge in [-0.25, -0.2) is 0 Å². The molecule has 0 bridgehead atoms. The van der Waals surface area contributed by atoms with Gasteiger partial charge in [0.15, 0.2) is 17.9 Å². The molecular formula is C15H7IO3. The number of fused-ring (bicyclic) bond motifs is 2. The minimum absolute atomic E-state index is 0.166. The Hall–Kier alpha value is -1.82. The maximum atomic E-state index is 12.5. The van der Waals surface area contributed by atoms with Gasteiger partial charge in [-0.15, -0.1) is 0 Å². The van der Waals surface area contributed by atoms with Crippen LogP contribution in [0.5, 0.6) is 0 Å². The second kappa shape index (κ2) is 4.38. The fourth-order valence-electron chi connectivity index (χ4n) is 2.25. The third-order valence-electron chi connectivity index (χ3n) is 3.19. The average Bonchev–Trinajstić information content (AvgIpc) is 2.44. The molecule has 0 N–H and O–H groups in total. The van der Waals surface area contributed by atoms with E-state index < -0.39 is 0 Å². The maximum absolute atomic E-state index is 12.5. The summed E-state index contributed by atoms with van der Waals surface area (Å²) < 4.78 is 0.540. The molecule has 19 heavy (non-hydrogen) atoms. The minimum Gasteiger partial charge on any atom is -0.298 e. The highest BCUT2D eigenvalue weighted by atomic mass is 127. The van der Waals surface area contributed by atoms with Crippen molar-refractivity contribution < 1.29 is 14.4 Å². The molecule has 0 aromatic heterocycles. The molecule has 3 nitrogen and oxygen atoms in total. The molecule has 0 fully saturated rings. The molecular weight excluding hydrogens is 355 g/mol. The summed E-state index contributed by atoms with van der Waals surface area (Å²) in [5.74, 6) is -0.362. The first kappa shape index (κ1) is 12.2. The molecule has 0 aliphatic heterocycles. The van der Waals surface area contributed by atoms with Crippen molar-refractivity contribution in [1.82, 2.24) is 0 Å². The van der Waals surface area contributed by atoms with Gasteiger partial charge in [-0.1, -0.05) is 24.3 Å². The minimum atomic E-state index is -0.196. The van der Waals surface area contributed by atoms with Crippen LogP contribution < -0.4 is 0 Å². The van der Waals surface area contributed by atoms with E-state index in [0.717, 1.165) is 0 Å². The Morgan fingerprint density at radius 2 is 1.47 bits per heavy atom. The van der Waals surface area contributed by atoms with Crippen LogP contribution in [0.4, 0.5) is 0 Å². The fraction of sp³-hybridized carbons (Fsp3) is 0. The second-order valence-electron chi connectivity index (χ2n) is 4.21. The zero-order valence-corrected chi connectivity index (χ0v) is 11.8. The SMILES string of the molecule is O=Cc1ccc2c(c1I)C(=O)c1ccccc1C2=O. The normalized spacial score (nSPS) is 12.9. The Bertz CT molecular complexity index is 747. The van der Waals surface area contributed by atoms with E-state index in [1.165, 1.54) is 0 Å². The number of aldehydes is 1. The van der Waals surface area contributed by atoms with E-state index in [1.807, 2.05) is 22.6 Å². The summed E-state index contributed by atoms with van der Waals surface area (Å²) in [4.78, 5) is 35.8. The summed E-state index contributed by atoms with van der Waals surface area (Å²) in [7, 11) is 0. The van der Waals surface area contributed by atoms with Gasteiger partial charge < -0.3 is 0 Å². The monoisotopic (exact) mass is 362 g/mol. The Labute approximate surface area is 122 Å². The number of carbonyl (C=O) groups is 3. The van der Waals surface area contributed by atoms with Gasteiger partial charge in [0, 0.05) is 31.4 Å². The number of hydrogen-bond acceptors (Lipinski definition) is 3. The van der Waals surface area contributed by atoms with Gasteiger partial charge in [0.05, 0.1) is 0 Å². The maximum Gasteiger partial charge on any atom is 0.195 e. The topological polar surface area (TPSA) is 51.2 Å². The second-order valence-corrected chi connectivity index (χ2v) is 5.29. The van der Waals surface area contributed by atoms with Crippen LogP contribution in [0, 0.1) is 3.57 Å². The van der Waals surface area contributed by atoms with Crippen molar-refractivity contribution in [3.05, 3.63) is 67.8 Å². The van der Waals surface area contributed by atoms with Crippen LogP contribution in [0.3, 0.4) is 0 Å². The van der Waals surface area contributed by atoms with Crippen LogP contribution >= 0.6 is 22.6 Å². The van der Waals surface area contributed by atoms with Gasteiger partial charge in [0.2, 0.25) is 0 Å². The molecule has 0 radical (unpaired) electrons. The summed E-state index contributed by atoms with van der Waals surface area (Å²) >= 11 is 1.94. The summed E-state index contributed by atoms with van der Waals surface area (Å²) in [6.45, 7) is 0. The lowest BCUT2D eigenvalue weighted by atomic mass is 9.83. The van der Waals surface area contributed by atoms with E-state index in [-0.39, 0.29) is 11.6 Å². The molecule has 0 amide bonds. The summed E-state index contributed by atoms with van der Waals surface area (Å²) in [5.41, 5.74) is 1.98. The first-order valence-electron chi connectivity index (χ1n) is 5.61. The predicted octanol–water partition coefficient (Wildman–Crippen LogP) is 2.88. The van der Waals surface area contributed by atoms with Crippen LogP contribution in [-0.2, 0) is 0 Å². The Morgan fingerprint density at radius 3 is 2.11 bits per heavy atom. The lowest BCUT2D eigenvalue weighted by molar-refractivity contribution is 0.0978.